The lowest BCUT2D eigenvalue weighted by Gasteiger charge is -2.07. The van der Waals surface area contributed by atoms with Gasteiger partial charge in [0, 0.05) is 32.0 Å². The third-order valence-corrected chi connectivity index (χ3v) is 3.52. The monoisotopic (exact) mass is 322 g/mol. The summed E-state index contributed by atoms with van der Waals surface area (Å²) in [5.74, 6) is 3.32. The van der Waals surface area contributed by atoms with Crippen molar-refractivity contribution in [1.82, 2.24) is 24.7 Å². The maximum absolute atomic E-state index is 4.54. The quantitative estimate of drug-likeness (QED) is 0.851. The molecule has 0 aromatic carbocycles. The molecule has 0 spiro atoms. The Labute approximate surface area is 119 Å². The number of hydrogen-bond acceptors (Lipinski definition) is 5. The van der Waals surface area contributed by atoms with Crippen LogP contribution in [0.4, 0.5) is 5.82 Å². The van der Waals surface area contributed by atoms with Gasteiger partial charge in [0.05, 0.1) is 0 Å². The molecule has 0 bridgehead atoms. The van der Waals surface area contributed by atoms with Crippen LogP contribution in [0.2, 0.25) is 0 Å². The molecular formula is C12H15BrN6. The van der Waals surface area contributed by atoms with Gasteiger partial charge in [0.25, 0.3) is 0 Å². The van der Waals surface area contributed by atoms with Crippen molar-refractivity contribution in [1.29, 1.82) is 0 Å². The molecule has 2 aromatic rings. The predicted molar refractivity (Wildman–Crippen MR) is 74.9 cm³/mol. The molecule has 19 heavy (non-hydrogen) atoms. The Morgan fingerprint density at radius 1 is 1.42 bits per heavy atom. The summed E-state index contributed by atoms with van der Waals surface area (Å²) >= 11 is 3.43. The van der Waals surface area contributed by atoms with Gasteiger partial charge in [-0.3, -0.25) is 0 Å². The highest BCUT2D eigenvalue weighted by Gasteiger charge is 2.27. The number of aromatic nitrogens is 5. The normalized spacial score (nSPS) is 14.6. The van der Waals surface area contributed by atoms with E-state index in [4.69, 9.17) is 0 Å². The molecular weight excluding hydrogens is 308 g/mol. The lowest BCUT2D eigenvalue weighted by Crippen LogP contribution is -2.10. The van der Waals surface area contributed by atoms with Gasteiger partial charge in [-0.05, 0) is 28.8 Å². The molecule has 0 radical (unpaired) electrons. The van der Waals surface area contributed by atoms with Crippen LogP contribution in [0.15, 0.2) is 17.0 Å². The second kappa shape index (κ2) is 5.24. The van der Waals surface area contributed by atoms with Crippen LogP contribution in [-0.2, 0) is 13.5 Å². The third-order valence-electron chi connectivity index (χ3n) is 3.11. The first-order valence-corrected chi connectivity index (χ1v) is 7.13. The largest absolute Gasteiger partial charge is 0.369 e. The Bertz CT molecular complexity index is 577. The van der Waals surface area contributed by atoms with Crippen LogP contribution in [0.3, 0.4) is 0 Å². The number of nitrogens with zero attached hydrogens (tertiary/aromatic N) is 5. The van der Waals surface area contributed by atoms with E-state index in [2.05, 4.69) is 41.4 Å². The van der Waals surface area contributed by atoms with E-state index in [1.807, 2.05) is 17.7 Å². The van der Waals surface area contributed by atoms with Crippen molar-refractivity contribution < 1.29 is 0 Å². The van der Waals surface area contributed by atoms with Crippen molar-refractivity contribution in [2.45, 2.75) is 25.2 Å². The number of halogens is 1. The summed E-state index contributed by atoms with van der Waals surface area (Å²) in [5.41, 5.74) is 0. The fourth-order valence-electron chi connectivity index (χ4n) is 1.89. The fourth-order valence-corrected chi connectivity index (χ4v) is 2.28. The van der Waals surface area contributed by atoms with Gasteiger partial charge in [0.2, 0.25) is 0 Å². The van der Waals surface area contributed by atoms with Gasteiger partial charge in [0.1, 0.15) is 28.4 Å². The van der Waals surface area contributed by atoms with Gasteiger partial charge in [-0.15, -0.1) is 10.2 Å². The first-order chi connectivity index (χ1) is 9.22. The van der Waals surface area contributed by atoms with E-state index in [-0.39, 0.29) is 0 Å². The molecule has 0 amide bonds. The summed E-state index contributed by atoms with van der Waals surface area (Å²) in [6, 6.07) is 1.91. The molecule has 0 saturated heterocycles. The Kier molecular flexibility index (Phi) is 3.46. The standard InChI is InChI=1S/C12H15BrN6/c1-19-7-15-18-11(19)4-5-14-10-6-9(13)16-12(17-10)8-2-3-8/h6-8H,2-5H2,1H3,(H,14,16,17). The predicted octanol–water partition coefficient (Wildman–Crippen LogP) is 1.90. The highest BCUT2D eigenvalue weighted by molar-refractivity contribution is 9.10. The zero-order valence-corrected chi connectivity index (χ0v) is 12.3. The average Bonchev–Trinajstić information content (AvgIpc) is 3.14. The minimum Gasteiger partial charge on any atom is -0.369 e. The Hall–Kier alpha value is -1.50. The second-order valence-corrected chi connectivity index (χ2v) is 5.56. The number of nitrogens with one attached hydrogen (secondary N) is 1. The van der Waals surface area contributed by atoms with E-state index in [0.29, 0.717) is 5.92 Å². The first kappa shape index (κ1) is 12.5. The number of hydrogen-bond donors (Lipinski definition) is 1. The van der Waals surface area contributed by atoms with Crippen LogP contribution >= 0.6 is 15.9 Å². The van der Waals surface area contributed by atoms with Crippen molar-refractivity contribution in [3.05, 3.63) is 28.6 Å². The van der Waals surface area contributed by atoms with Crippen molar-refractivity contribution >= 4 is 21.7 Å². The summed E-state index contributed by atoms with van der Waals surface area (Å²) in [7, 11) is 1.95. The molecule has 0 atom stereocenters. The summed E-state index contributed by atoms with van der Waals surface area (Å²) < 4.78 is 2.76. The molecule has 0 unspecified atom stereocenters. The average molecular weight is 323 g/mol. The van der Waals surface area contributed by atoms with Crippen molar-refractivity contribution in [3.63, 3.8) is 0 Å². The summed E-state index contributed by atoms with van der Waals surface area (Å²) in [4.78, 5) is 8.95. The van der Waals surface area contributed by atoms with Crippen molar-refractivity contribution in [2.24, 2.45) is 7.05 Å². The van der Waals surface area contributed by atoms with Crippen LogP contribution in [0.25, 0.3) is 0 Å². The molecule has 2 heterocycles. The second-order valence-electron chi connectivity index (χ2n) is 4.74. The highest BCUT2D eigenvalue weighted by atomic mass is 79.9. The zero-order valence-electron chi connectivity index (χ0n) is 10.7. The third kappa shape index (κ3) is 3.09. The first-order valence-electron chi connectivity index (χ1n) is 6.33. The topological polar surface area (TPSA) is 68.5 Å². The van der Waals surface area contributed by atoms with Gasteiger partial charge in [-0.2, -0.15) is 0 Å². The maximum Gasteiger partial charge on any atom is 0.135 e. The van der Waals surface area contributed by atoms with E-state index >= 15 is 0 Å². The lowest BCUT2D eigenvalue weighted by atomic mass is 10.3. The number of aryl methyl sites for hydroxylation is 1. The number of anilines is 1. The molecule has 0 aliphatic heterocycles. The molecule has 2 aromatic heterocycles. The Balaban J connectivity index is 1.62. The molecule has 1 saturated carbocycles. The van der Waals surface area contributed by atoms with E-state index < -0.39 is 0 Å². The van der Waals surface area contributed by atoms with Crippen molar-refractivity contribution in [2.75, 3.05) is 11.9 Å². The molecule has 6 nitrogen and oxygen atoms in total. The van der Waals surface area contributed by atoms with Crippen molar-refractivity contribution in [3.8, 4) is 0 Å². The molecule has 3 rings (SSSR count). The Morgan fingerprint density at radius 3 is 2.95 bits per heavy atom. The smallest absolute Gasteiger partial charge is 0.135 e. The van der Waals surface area contributed by atoms with Crippen LogP contribution < -0.4 is 5.32 Å². The summed E-state index contributed by atoms with van der Waals surface area (Å²) in [6.07, 6.45) is 4.93. The van der Waals surface area contributed by atoms with Crippen LogP contribution in [0.1, 0.15) is 30.4 Å². The molecule has 1 fully saturated rings. The lowest BCUT2D eigenvalue weighted by molar-refractivity contribution is 0.786. The fraction of sp³-hybridized carbons (Fsp3) is 0.500. The van der Waals surface area contributed by atoms with Crippen LogP contribution in [0.5, 0.6) is 0 Å². The van der Waals surface area contributed by atoms with E-state index in [1.54, 1.807) is 6.33 Å². The van der Waals surface area contributed by atoms with E-state index in [9.17, 15) is 0 Å². The SMILES string of the molecule is Cn1cnnc1CCNc1cc(Br)nc(C2CC2)n1. The van der Waals surface area contributed by atoms with Crippen LogP contribution in [0, 0.1) is 0 Å². The summed E-state index contributed by atoms with van der Waals surface area (Å²) in [6.45, 7) is 0.778. The van der Waals surface area contributed by atoms with E-state index in [1.165, 1.54) is 12.8 Å². The molecule has 7 heteroatoms. The molecule has 1 aliphatic rings. The van der Waals surface area contributed by atoms with Gasteiger partial charge in [-0.25, -0.2) is 9.97 Å². The summed E-state index contributed by atoms with van der Waals surface area (Å²) in [5, 5.41) is 11.2. The van der Waals surface area contributed by atoms with Crippen LogP contribution in [-0.4, -0.2) is 31.3 Å². The molecule has 100 valence electrons. The Morgan fingerprint density at radius 2 is 2.26 bits per heavy atom. The highest BCUT2D eigenvalue weighted by Crippen LogP contribution is 2.38. The van der Waals surface area contributed by atoms with Gasteiger partial charge < -0.3 is 9.88 Å². The van der Waals surface area contributed by atoms with Gasteiger partial charge in [-0.1, -0.05) is 0 Å². The zero-order chi connectivity index (χ0) is 13.2. The minimum atomic E-state index is 0.553. The maximum atomic E-state index is 4.54. The van der Waals surface area contributed by atoms with Gasteiger partial charge >= 0.3 is 0 Å². The van der Waals surface area contributed by atoms with Gasteiger partial charge in [0.15, 0.2) is 0 Å². The number of rotatable bonds is 5. The molecule has 1 aliphatic carbocycles. The molecule has 1 N–H and O–H groups in total. The minimum absolute atomic E-state index is 0.553. The van der Waals surface area contributed by atoms with E-state index in [0.717, 1.165) is 35.0 Å².